The molecule has 0 rings (SSSR count). The summed E-state index contributed by atoms with van der Waals surface area (Å²) in [5.41, 5.74) is 0. The van der Waals surface area contributed by atoms with Gasteiger partial charge in [0, 0.05) is 0 Å². The normalized spacial score (nSPS) is 2.84. The van der Waals surface area contributed by atoms with Gasteiger partial charge in [0.05, 0.1) is 0 Å². The van der Waals surface area contributed by atoms with Crippen molar-refractivity contribution in [2.24, 2.45) is 0 Å². The highest BCUT2D eigenvalue weighted by Gasteiger charge is 1.26. The highest BCUT2D eigenvalue weighted by molar-refractivity contribution is 4.89. The maximum absolute atomic E-state index is 4.60. The van der Waals surface area contributed by atoms with Crippen LogP contribution in [-0.2, 0) is 0 Å². The van der Waals surface area contributed by atoms with Gasteiger partial charge < -0.3 is 0 Å². The fraction of sp³-hybridized carbons (Fsp3) is 0.684. The van der Waals surface area contributed by atoms with Crippen LogP contribution in [0.3, 0.4) is 0 Å². The molecule has 0 heterocycles. The molecule has 0 aliphatic heterocycles. The summed E-state index contributed by atoms with van der Waals surface area (Å²) in [6.07, 6.45) is 12.6. The van der Waals surface area contributed by atoms with E-state index in [-0.39, 0.29) is 0 Å². The zero-order chi connectivity index (χ0) is 18.1. The second-order valence-electron chi connectivity index (χ2n) is 0.789. The Kier molecular flexibility index (Phi) is 4010. The summed E-state index contributed by atoms with van der Waals surface area (Å²) >= 11 is 0. The van der Waals surface area contributed by atoms with Crippen LogP contribution in [0.25, 0.3) is 0 Å². The lowest BCUT2D eigenvalue weighted by Gasteiger charge is -1.40. The van der Waals surface area contributed by atoms with Crippen LogP contribution in [0.2, 0.25) is 0 Å². The molecule has 0 aliphatic carbocycles. The van der Waals surface area contributed by atoms with Crippen LogP contribution in [0, 0.1) is 37.0 Å². The van der Waals surface area contributed by atoms with Gasteiger partial charge in [-0.2, -0.15) is 0 Å². The van der Waals surface area contributed by atoms with E-state index in [0.29, 0.717) is 0 Å². The number of hydrogen-bond acceptors (Lipinski definition) is 0. The average molecular weight is 271 g/mol. The summed E-state index contributed by atoms with van der Waals surface area (Å²) < 4.78 is 0. The minimum absolute atomic E-state index is 1.65. The lowest BCUT2D eigenvalue weighted by atomic mass is 10.7. The molecule has 0 atom stereocenters. The summed E-state index contributed by atoms with van der Waals surface area (Å²) in [5.74, 6) is 7.61. The number of terminal acetylenes is 2. The first-order valence-corrected chi connectivity index (χ1v) is 7.37. The quantitative estimate of drug-likeness (QED) is 0.414. The molecule has 0 aromatic carbocycles. The maximum atomic E-state index is 4.60. The van der Waals surface area contributed by atoms with E-state index in [0.717, 1.165) is 0 Å². The van der Waals surface area contributed by atoms with Crippen LogP contribution in [0.1, 0.15) is 90.0 Å². The van der Waals surface area contributed by atoms with Crippen molar-refractivity contribution in [3.8, 4) is 37.0 Å². The predicted octanol–water partition coefficient (Wildman–Crippen LogP) is 7.05. The SMILES string of the molecule is C#C.C#CC.CC.CC.CC.CC.CC.CC#CC. The third kappa shape index (κ3) is 35100. The molecule has 0 amide bonds. The van der Waals surface area contributed by atoms with Crippen LogP contribution >= 0.6 is 0 Å². The van der Waals surface area contributed by atoms with Crippen molar-refractivity contribution in [1.82, 2.24) is 0 Å². The van der Waals surface area contributed by atoms with Crippen molar-refractivity contribution < 1.29 is 0 Å². The molecule has 0 saturated heterocycles. The van der Waals surface area contributed by atoms with Gasteiger partial charge in [0.25, 0.3) is 0 Å². The molecule has 0 aromatic rings. The van der Waals surface area contributed by atoms with Gasteiger partial charge in [0.15, 0.2) is 0 Å². The zero-order valence-corrected chi connectivity index (χ0v) is 16.2. The Morgan fingerprint density at radius 1 is 0.474 bits per heavy atom. The third-order valence-electron chi connectivity index (χ3n) is 0.250. The van der Waals surface area contributed by atoms with E-state index in [1.807, 2.05) is 83.1 Å². The Morgan fingerprint density at radius 2 is 0.526 bits per heavy atom. The van der Waals surface area contributed by atoms with Gasteiger partial charge in [-0.1, -0.05) is 69.2 Å². The number of rotatable bonds is 0. The first-order chi connectivity index (χ1) is 9.33. The zero-order valence-electron chi connectivity index (χ0n) is 16.2. The van der Waals surface area contributed by atoms with Gasteiger partial charge in [-0.05, 0) is 20.8 Å². The molecular formula is C19H42. The Balaban J connectivity index is -0.0000000124. The Hall–Kier alpha value is -1.32. The van der Waals surface area contributed by atoms with Crippen LogP contribution in [0.15, 0.2) is 0 Å². The molecule has 0 nitrogen and oxygen atoms in total. The standard InChI is InChI=1S/C4H6.C3H4.5C2H6.C2H2/c1-3-4-2;1-3-2;6*1-2/h1-2H3;1H,2H3;5*1-2H3;1-2H. The molecule has 0 aromatic heterocycles. The number of hydrogen-bond donors (Lipinski definition) is 0. The molecular weight excluding hydrogens is 228 g/mol. The van der Waals surface area contributed by atoms with E-state index in [4.69, 9.17) is 0 Å². The van der Waals surface area contributed by atoms with Crippen molar-refractivity contribution in [3.63, 3.8) is 0 Å². The Bertz CT molecular complexity index is 116. The highest BCUT2D eigenvalue weighted by atomic mass is 13.3. The van der Waals surface area contributed by atoms with Crippen molar-refractivity contribution >= 4 is 0 Å². The van der Waals surface area contributed by atoms with E-state index < -0.39 is 0 Å². The molecule has 0 heteroatoms. The summed E-state index contributed by atoms with van der Waals surface area (Å²) in [4.78, 5) is 0. The molecule has 0 spiro atoms. The van der Waals surface area contributed by atoms with E-state index >= 15 is 0 Å². The lowest BCUT2D eigenvalue weighted by Crippen LogP contribution is -1.28. The molecule has 0 aliphatic rings. The van der Waals surface area contributed by atoms with Gasteiger partial charge in [-0.15, -0.1) is 37.0 Å². The summed E-state index contributed by atoms with van der Waals surface area (Å²) in [6.45, 7) is 25.3. The van der Waals surface area contributed by atoms with Crippen LogP contribution < -0.4 is 0 Å². The van der Waals surface area contributed by atoms with Crippen molar-refractivity contribution in [1.29, 1.82) is 0 Å². The van der Waals surface area contributed by atoms with Gasteiger partial charge in [-0.3, -0.25) is 0 Å². The van der Waals surface area contributed by atoms with Crippen molar-refractivity contribution in [2.45, 2.75) is 90.0 Å². The van der Waals surface area contributed by atoms with Crippen LogP contribution in [-0.4, -0.2) is 0 Å². The predicted molar refractivity (Wildman–Crippen MR) is 100 cm³/mol. The first kappa shape index (κ1) is 52.5. The fourth-order valence-corrected chi connectivity index (χ4v) is 0. The molecule has 118 valence electrons. The van der Waals surface area contributed by atoms with Gasteiger partial charge in [-0.25, -0.2) is 0 Å². The van der Waals surface area contributed by atoms with Gasteiger partial charge in [0.2, 0.25) is 0 Å². The second-order valence-corrected chi connectivity index (χ2v) is 0.789. The largest absolute Gasteiger partial charge is 0.124 e. The fourth-order valence-electron chi connectivity index (χ4n) is 0. The Labute approximate surface area is 127 Å². The van der Waals surface area contributed by atoms with Gasteiger partial charge >= 0.3 is 0 Å². The molecule has 0 N–H and O–H groups in total. The van der Waals surface area contributed by atoms with E-state index in [1.165, 1.54) is 0 Å². The summed E-state index contributed by atoms with van der Waals surface area (Å²) in [5, 5.41) is 0. The Morgan fingerprint density at radius 3 is 0.526 bits per heavy atom. The lowest BCUT2D eigenvalue weighted by molar-refractivity contribution is 1.50. The van der Waals surface area contributed by atoms with Crippen LogP contribution in [0.5, 0.6) is 0 Å². The monoisotopic (exact) mass is 270 g/mol. The molecule has 19 heavy (non-hydrogen) atoms. The summed E-state index contributed by atoms with van der Waals surface area (Å²) in [6, 6.07) is 0. The van der Waals surface area contributed by atoms with Crippen molar-refractivity contribution in [2.75, 3.05) is 0 Å². The van der Waals surface area contributed by atoms with Crippen LogP contribution in [0.4, 0.5) is 0 Å². The molecule has 0 bridgehead atoms. The summed E-state index contributed by atoms with van der Waals surface area (Å²) in [7, 11) is 0. The topological polar surface area (TPSA) is 0 Å². The molecule has 0 unspecified atom stereocenters. The maximum Gasteiger partial charge on any atom is -0.00271 e. The third-order valence-corrected chi connectivity index (χ3v) is 0.250. The van der Waals surface area contributed by atoms with Crippen molar-refractivity contribution in [3.05, 3.63) is 0 Å². The molecule has 0 saturated carbocycles. The smallest absolute Gasteiger partial charge is 0.00271 e. The second kappa shape index (κ2) is 1450. The molecule has 0 fully saturated rings. The van der Waals surface area contributed by atoms with E-state index in [1.54, 1.807) is 6.92 Å². The minimum atomic E-state index is 1.65. The highest BCUT2D eigenvalue weighted by Crippen LogP contribution is 1.39. The van der Waals surface area contributed by atoms with Gasteiger partial charge in [0.1, 0.15) is 0 Å². The minimum Gasteiger partial charge on any atom is -0.124 e. The average Bonchev–Trinajstić information content (AvgIpc) is 2.59. The first-order valence-electron chi connectivity index (χ1n) is 7.37. The van der Waals surface area contributed by atoms with E-state index in [9.17, 15) is 0 Å². The van der Waals surface area contributed by atoms with E-state index in [2.05, 4.69) is 37.0 Å². The molecule has 0 radical (unpaired) electrons.